The molecule has 1 heterocycles. The van der Waals surface area contributed by atoms with Gasteiger partial charge in [0, 0.05) is 9.77 Å². The van der Waals surface area contributed by atoms with Gasteiger partial charge in [-0.1, -0.05) is 18.2 Å². The molecule has 2 aromatic rings. The normalized spacial score (nSPS) is 12.9. The first kappa shape index (κ1) is 20.4. The zero-order chi connectivity index (χ0) is 20.1. The number of hydrogen-bond donors (Lipinski definition) is 2. The number of hydrogen-bond acceptors (Lipinski definition) is 6. The average molecular weight is 419 g/mol. The molecule has 3 N–H and O–H groups in total. The van der Waals surface area contributed by atoms with Crippen molar-refractivity contribution in [3.63, 3.8) is 0 Å². The first-order valence-corrected chi connectivity index (χ1v) is 10.8. The van der Waals surface area contributed by atoms with Crippen LogP contribution in [0.1, 0.15) is 39.2 Å². The van der Waals surface area contributed by atoms with Gasteiger partial charge in [-0.15, -0.1) is 23.1 Å². The maximum atomic E-state index is 12.2. The minimum Gasteiger partial charge on any atom is -0.455 e. The standard InChI is InChI=1S/C20H22N2O4S2/c1-12-6-2-4-8-14(12)27-11-17(24)26-10-16(23)22-20-18(19(21)25)13-7-3-5-9-15(13)28-20/h2,4,6,8H,3,5,7,9-11H2,1H3,(H2,21,25)(H,22,23). The van der Waals surface area contributed by atoms with Crippen LogP contribution in [0, 0.1) is 6.92 Å². The molecule has 0 fully saturated rings. The van der Waals surface area contributed by atoms with Crippen molar-refractivity contribution in [2.45, 2.75) is 37.5 Å². The molecule has 6 nitrogen and oxygen atoms in total. The minimum atomic E-state index is -0.540. The molecule has 8 heteroatoms. The fourth-order valence-electron chi connectivity index (χ4n) is 3.12. The van der Waals surface area contributed by atoms with Crippen LogP contribution in [0.25, 0.3) is 0 Å². The molecule has 0 spiro atoms. The smallest absolute Gasteiger partial charge is 0.316 e. The molecule has 1 aromatic carbocycles. The highest BCUT2D eigenvalue weighted by molar-refractivity contribution is 8.00. The Labute approximate surface area is 171 Å². The van der Waals surface area contributed by atoms with Crippen molar-refractivity contribution in [2.24, 2.45) is 5.73 Å². The Morgan fingerprint density at radius 1 is 1.21 bits per heavy atom. The number of esters is 1. The van der Waals surface area contributed by atoms with Crippen LogP contribution in [0.5, 0.6) is 0 Å². The number of aryl methyl sites for hydroxylation is 2. The summed E-state index contributed by atoms with van der Waals surface area (Å²) in [6, 6.07) is 7.75. The van der Waals surface area contributed by atoms with E-state index >= 15 is 0 Å². The third-order valence-electron chi connectivity index (χ3n) is 4.47. The van der Waals surface area contributed by atoms with Crippen molar-refractivity contribution in [1.29, 1.82) is 0 Å². The van der Waals surface area contributed by atoms with Crippen molar-refractivity contribution in [1.82, 2.24) is 0 Å². The van der Waals surface area contributed by atoms with Crippen LogP contribution >= 0.6 is 23.1 Å². The Morgan fingerprint density at radius 3 is 2.71 bits per heavy atom. The Kier molecular flexibility index (Phi) is 6.74. The topological polar surface area (TPSA) is 98.5 Å². The summed E-state index contributed by atoms with van der Waals surface area (Å²) in [5.41, 5.74) is 7.95. The molecule has 1 aliphatic rings. The number of carbonyl (C=O) groups excluding carboxylic acids is 3. The largest absolute Gasteiger partial charge is 0.455 e. The van der Waals surface area contributed by atoms with E-state index in [9.17, 15) is 14.4 Å². The number of thioether (sulfide) groups is 1. The van der Waals surface area contributed by atoms with E-state index in [2.05, 4.69) is 5.32 Å². The predicted octanol–water partition coefficient (Wildman–Crippen LogP) is 3.31. The van der Waals surface area contributed by atoms with E-state index < -0.39 is 24.4 Å². The molecule has 28 heavy (non-hydrogen) atoms. The summed E-state index contributed by atoms with van der Waals surface area (Å²) in [6.45, 7) is 1.58. The van der Waals surface area contributed by atoms with E-state index in [0.29, 0.717) is 10.6 Å². The Balaban J connectivity index is 1.53. The second-order valence-electron chi connectivity index (χ2n) is 6.54. The Morgan fingerprint density at radius 2 is 1.96 bits per heavy atom. The molecule has 1 aliphatic carbocycles. The number of nitrogens with one attached hydrogen (secondary N) is 1. The highest BCUT2D eigenvalue weighted by atomic mass is 32.2. The summed E-state index contributed by atoms with van der Waals surface area (Å²) in [5, 5.41) is 3.14. The third-order valence-corrected chi connectivity index (χ3v) is 6.83. The predicted molar refractivity (Wildman–Crippen MR) is 111 cm³/mol. The number of thiophene rings is 1. The van der Waals surface area contributed by atoms with E-state index in [1.54, 1.807) is 0 Å². The van der Waals surface area contributed by atoms with Crippen LogP contribution in [-0.4, -0.2) is 30.1 Å². The molecular weight excluding hydrogens is 396 g/mol. The fourth-order valence-corrected chi connectivity index (χ4v) is 5.26. The number of benzene rings is 1. The maximum Gasteiger partial charge on any atom is 0.316 e. The van der Waals surface area contributed by atoms with Gasteiger partial charge in [0.05, 0.1) is 11.3 Å². The zero-order valence-corrected chi connectivity index (χ0v) is 17.2. The number of ether oxygens (including phenoxy) is 1. The van der Waals surface area contributed by atoms with Crippen LogP contribution in [0.2, 0.25) is 0 Å². The summed E-state index contributed by atoms with van der Waals surface area (Å²) < 4.78 is 5.06. The summed E-state index contributed by atoms with van der Waals surface area (Å²) in [5.74, 6) is -1.36. The number of fused-ring (bicyclic) bond motifs is 1. The highest BCUT2D eigenvalue weighted by Gasteiger charge is 2.25. The van der Waals surface area contributed by atoms with Crippen LogP contribution in [0.4, 0.5) is 5.00 Å². The number of nitrogens with two attached hydrogens (primary N) is 1. The second kappa shape index (κ2) is 9.25. The van der Waals surface area contributed by atoms with Crippen molar-refractivity contribution in [3.05, 3.63) is 45.8 Å². The number of amides is 2. The summed E-state index contributed by atoms with van der Waals surface area (Å²) in [4.78, 5) is 38.1. The average Bonchev–Trinajstić information content (AvgIpc) is 3.03. The lowest BCUT2D eigenvalue weighted by Gasteiger charge is -2.11. The molecule has 148 valence electrons. The van der Waals surface area contributed by atoms with Crippen molar-refractivity contribution in [2.75, 3.05) is 17.7 Å². The lowest BCUT2D eigenvalue weighted by molar-refractivity contribution is -0.144. The van der Waals surface area contributed by atoms with Crippen molar-refractivity contribution in [3.8, 4) is 0 Å². The number of primary amides is 1. The molecule has 2 amide bonds. The molecule has 0 unspecified atom stereocenters. The van der Waals surface area contributed by atoms with E-state index in [0.717, 1.165) is 46.6 Å². The number of carbonyl (C=O) groups is 3. The van der Waals surface area contributed by atoms with Gasteiger partial charge < -0.3 is 15.8 Å². The van der Waals surface area contributed by atoms with E-state index in [1.165, 1.54) is 23.1 Å². The molecule has 0 saturated heterocycles. The maximum absolute atomic E-state index is 12.2. The molecule has 0 atom stereocenters. The lowest BCUT2D eigenvalue weighted by Crippen LogP contribution is -2.23. The monoisotopic (exact) mass is 418 g/mol. The van der Waals surface area contributed by atoms with E-state index in [4.69, 9.17) is 10.5 Å². The first-order chi connectivity index (χ1) is 13.5. The molecule has 0 aliphatic heterocycles. The zero-order valence-electron chi connectivity index (χ0n) is 15.6. The van der Waals surface area contributed by atoms with Gasteiger partial charge in [0.15, 0.2) is 6.61 Å². The van der Waals surface area contributed by atoms with Gasteiger partial charge in [-0.05, 0) is 49.8 Å². The van der Waals surface area contributed by atoms with Gasteiger partial charge in [-0.25, -0.2) is 0 Å². The van der Waals surface area contributed by atoms with Gasteiger partial charge >= 0.3 is 5.97 Å². The molecular formula is C20H22N2O4S2. The Hall–Kier alpha value is -2.32. The summed E-state index contributed by atoms with van der Waals surface area (Å²) >= 11 is 2.75. The van der Waals surface area contributed by atoms with Gasteiger partial charge in [-0.2, -0.15) is 0 Å². The first-order valence-electron chi connectivity index (χ1n) is 9.04. The SMILES string of the molecule is Cc1ccccc1SCC(=O)OCC(=O)Nc1sc2c(c1C(N)=O)CCCC2. The highest BCUT2D eigenvalue weighted by Crippen LogP contribution is 2.37. The van der Waals surface area contributed by atoms with Gasteiger partial charge in [-0.3, -0.25) is 14.4 Å². The van der Waals surface area contributed by atoms with Crippen molar-refractivity contribution >= 4 is 45.9 Å². The molecule has 0 saturated carbocycles. The second-order valence-corrected chi connectivity index (χ2v) is 8.66. The van der Waals surface area contributed by atoms with E-state index in [-0.39, 0.29) is 5.75 Å². The molecule has 1 aromatic heterocycles. The fraction of sp³-hybridized carbons (Fsp3) is 0.350. The summed E-state index contributed by atoms with van der Waals surface area (Å²) in [6.07, 6.45) is 3.76. The number of rotatable bonds is 7. The number of anilines is 1. The third kappa shape index (κ3) is 4.94. The van der Waals surface area contributed by atoms with Crippen LogP contribution < -0.4 is 11.1 Å². The molecule has 0 bridgehead atoms. The molecule has 3 rings (SSSR count). The van der Waals surface area contributed by atoms with Gasteiger partial charge in [0.25, 0.3) is 11.8 Å². The van der Waals surface area contributed by atoms with Gasteiger partial charge in [0.1, 0.15) is 5.00 Å². The van der Waals surface area contributed by atoms with Crippen LogP contribution in [-0.2, 0) is 27.2 Å². The quantitative estimate of drug-likeness (QED) is 0.531. The van der Waals surface area contributed by atoms with Crippen LogP contribution in [0.15, 0.2) is 29.2 Å². The minimum absolute atomic E-state index is 0.123. The van der Waals surface area contributed by atoms with E-state index in [1.807, 2.05) is 31.2 Å². The molecule has 0 radical (unpaired) electrons. The van der Waals surface area contributed by atoms with Gasteiger partial charge in [0.2, 0.25) is 0 Å². The lowest BCUT2D eigenvalue weighted by atomic mass is 9.95. The Bertz CT molecular complexity index is 908. The summed E-state index contributed by atoms with van der Waals surface area (Å²) in [7, 11) is 0. The van der Waals surface area contributed by atoms with Crippen LogP contribution in [0.3, 0.4) is 0 Å². The van der Waals surface area contributed by atoms with Crippen molar-refractivity contribution < 1.29 is 19.1 Å².